The molecule has 1 aromatic rings. The Balaban J connectivity index is 1.74. The molecule has 6 heteroatoms. The van der Waals surface area contributed by atoms with Gasteiger partial charge >= 0.3 is 0 Å². The molecule has 0 radical (unpaired) electrons. The maximum absolute atomic E-state index is 12.7. The van der Waals surface area contributed by atoms with Gasteiger partial charge in [-0.25, -0.2) is 0 Å². The van der Waals surface area contributed by atoms with Crippen LogP contribution in [0.4, 0.5) is 5.69 Å². The van der Waals surface area contributed by atoms with E-state index in [9.17, 15) is 9.59 Å². The van der Waals surface area contributed by atoms with Crippen LogP contribution in [-0.2, 0) is 9.59 Å². The Morgan fingerprint density at radius 1 is 1.36 bits per heavy atom. The number of carbonyl (C=O) groups is 2. The number of rotatable bonds is 2. The predicted octanol–water partition coefficient (Wildman–Crippen LogP) is 1.62. The summed E-state index contributed by atoms with van der Waals surface area (Å²) in [6.07, 6.45) is 0.598. The fourth-order valence-corrected chi connectivity index (χ4v) is 3.57. The van der Waals surface area contributed by atoms with E-state index in [4.69, 9.17) is 0 Å². The van der Waals surface area contributed by atoms with Crippen molar-refractivity contribution in [2.24, 2.45) is 5.92 Å². The average Bonchev–Trinajstić information content (AvgIpc) is 2.89. The standard InChI is InChI=1S/C16H20BrN3O2/c1-11-10-18-6-8-19(11)15(21)14-5-7-20(16(14)22)13-4-2-3-12(17)9-13/h2-4,9,11,14,18H,5-8,10H2,1H3. The molecule has 22 heavy (non-hydrogen) atoms. The van der Waals surface area contributed by atoms with E-state index in [2.05, 4.69) is 21.2 Å². The molecule has 1 N–H and O–H groups in total. The molecular weight excluding hydrogens is 346 g/mol. The molecule has 3 rings (SSSR count). The molecule has 2 unspecified atom stereocenters. The van der Waals surface area contributed by atoms with Gasteiger partial charge < -0.3 is 15.1 Å². The van der Waals surface area contributed by atoms with Gasteiger partial charge in [-0.05, 0) is 31.5 Å². The maximum atomic E-state index is 12.7. The quantitative estimate of drug-likeness (QED) is 0.810. The molecule has 0 aliphatic carbocycles. The topological polar surface area (TPSA) is 52.7 Å². The number of halogens is 1. The third-order valence-corrected chi connectivity index (χ3v) is 4.90. The molecular formula is C16H20BrN3O2. The van der Waals surface area contributed by atoms with Crippen molar-refractivity contribution in [3.05, 3.63) is 28.7 Å². The molecule has 2 amide bonds. The fourth-order valence-electron chi connectivity index (χ4n) is 3.18. The first kappa shape index (κ1) is 15.5. The van der Waals surface area contributed by atoms with Crippen LogP contribution in [0.2, 0.25) is 0 Å². The van der Waals surface area contributed by atoms with Crippen LogP contribution in [0.15, 0.2) is 28.7 Å². The second-order valence-corrected chi connectivity index (χ2v) is 6.81. The van der Waals surface area contributed by atoms with Gasteiger partial charge in [0.1, 0.15) is 5.92 Å². The molecule has 0 saturated carbocycles. The number of anilines is 1. The molecule has 1 aromatic carbocycles. The predicted molar refractivity (Wildman–Crippen MR) is 88.6 cm³/mol. The highest BCUT2D eigenvalue weighted by molar-refractivity contribution is 9.10. The van der Waals surface area contributed by atoms with Crippen LogP contribution >= 0.6 is 15.9 Å². The molecule has 2 saturated heterocycles. The Bertz CT molecular complexity index is 593. The number of nitrogens with zero attached hydrogens (tertiary/aromatic N) is 2. The molecule has 0 aromatic heterocycles. The molecule has 2 heterocycles. The molecule has 2 aliphatic heterocycles. The van der Waals surface area contributed by atoms with Gasteiger partial charge in [0, 0.05) is 42.4 Å². The summed E-state index contributed by atoms with van der Waals surface area (Å²) in [5, 5.41) is 3.27. The summed E-state index contributed by atoms with van der Waals surface area (Å²) in [6, 6.07) is 7.80. The highest BCUT2D eigenvalue weighted by Crippen LogP contribution is 2.28. The van der Waals surface area contributed by atoms with Gasteiger partial charge in [-0.3, -0.25) is 9.59 Å². The zero-order chi connectivity index (χ0) is 15.7. The highest BCUT2D eigenvalue weighted by atomic mass is 79.9. The molecule has 2 fully saturated rings. The van der Waals surface area contributed by atoms with Crippen LogP contribution in [-0.4, -0.2) is 48.9 Å². The molecule has 0 bridgehead atoms. The summed E-state index contributed by atoms with van der Waals surface area (Å²) in [5.74, 6) is -0.620. The third-order valence-electron chi connectivity index (χ3n) is 4.41. The molecule has 2 atom stereocenters. The van der Waals surface area contributed by atoms with Crippen molar-refractivity contribution in [3.8, 4) is 0 Å². The van der Waals surface area contributed by atoms with E-state index in [0.29, 0.717) is 19.5 Å². The lowest BCUT2D eigenvalue weighted by Crippen LogP contribution is -2.54. The van der Waals surface area contributed by atoms with Crippen LogP contribution in [0.3, 0.4) is 0 Å². The fraction of sp³-hybridized carbons (Fsp3) is 0.500. The minimum atomic E-state index is -0.528. The second kappa shape index (κ2) is 6.38. The van der Waals surface area contributed by atoms with Gasteiger partial charge in [-0.15, -0.1) is 0 Å². The lowest BCUT2D eigenvalue weighted by molar-refractivity contribution is -0.142. The zero-order valence-electron chi connectivity index (χ0n) is 12.6. The van der Waals surface area contributed by atoms with Crippen molar-refractivity contribution in [1.82, 2.24) is 10.2 Å². The van der Waals surface area contributed by atoms with E-state index in [1.54, 1.807) is 4.90 Å². The summed E-state index contributed by atoms with van der Waals surface area (Å²) in [7, 11) is 0. The Hall–Kier alpha value is -1.40. The van der Waals surface area contributed by atoms with Crippen molar-refractivity contribution in [3.63, 3.8) is 0 Å². The van der Waals surface area contributed by atoms with E-state index in [1.165, 1.54) is 0 Å². The number of benzene rings is 1. The zero-order valence-corrected chi connectivity index (χ0v) is 14.2. The highest BCUT2D eigenvalue weighted by Gasteiger charge is 2.41. The van der Waals surface area contributed by atoms with Crippen molar-refractivity contribution < 1.29 is 9.59 Å². The first-order valence-electron chi connectivity index (χ1n) is 7.66. The Morgan fingerprint density at radius 3 is 2.91 bits per heavy atom. The van der Waals surface area contributed by atoms with Crippen LogP contribution in [0.25, 0.3) is 0 Å². The minimum absolute atomic E-state index is 0.0171. The van der Waals surface area contributed by atoms with Crippen molar-refractivity contribution >= 4 is 33.4 Å². The second-order valence-electron chi connectivity index (χ2n) is 5.90. The van der Waals surface area contributed by atoms with Crippen LogP contribution < -0.4 is 10.2 Å². The average molecular weight is 366 g/mol. The molecule has 0 spiro atoms. The summed E-state index contributed by atoms with van der Waals surface area (Å²) >= 11 is 3.42. The largest absolute Gasteiger partial charge is 0.337 e. The molecule has 5 nitrogen and oxygen atoms in total. The van der Waals surface area contributed by atoms with Crippen molar-refractivity contribution in [2.75, 3.05) is 31.1 Å². The summed E-state index contributed by atoms with van der Waals surface area (Å²) in [4.78, 5) is 28.9. The van der Waals surface area contributed by atoms with E-state index in [1.807, 2.05) is 36.1 Å². The third kappa shape index (κ3) is 2.90. The molecule has 2 aliphatic rings. The Labute approximate surface area is 138 Å². The minimum Gasteiger partial charge on any atom is -0.337 e. The number of amides is 2. The first-order valence-corrected chi connectivity index (χ1v) is 8.45. The van der Waals surface area contributed by atoms with Gasteiger partial charge in [-0.1, -0.05) is 22.0 Å². The van der Waals surface area contributed by atoms with Gasteiger partial charge in [0.15, 0.2) is 0 Å². The summed E-state index contributed by atoms with van der Waals surface area (Å²) in [5.41, 5.74) is 0.850. The number of carbonyl (C=O) groups excluding carboxylic acids is 2. The van der Waals surface area contributed by atoms with E-state index < -0.39 is 5.92 Å². The number of nitrogens with one attached hydrogen (secondary N) is 1. The van der Waals surface area contributed by atoms with Crippen LogP contribution in [0.5, 0.6) is 0 Å². The SMILES string of the molecule is CC1CNCCN1C(=O)C1CCN(c2cccc(Br)c2)C1=O. The van der Waals surface area contributed by atoms with Crippen LogP contribution in [0.1, 0.15) is 13.3 Å². The van der Waals surface area contributed by atoms with Gasteiger partial charge in [0.25, 0.3) is 0 Å². The smallest absolute Gasteiger partial charge is 0.239 e. The Morgan fingerprint density at radius 2 is 2.18 bits per heavy atom. The Kier molecular flexibility index (Phi) is 4.49. The van der Waals surface area contributed by atoms with Crippen molar-refractivity contribution in [2.45, 2.75) is 19.4 Å². The monoisotopic (exact) mass is 365 g/mol. The van der Waals surface area contributed by atoms with Gasteiger partial charge in [-0.2, -0.15) is 0 Å². The lowest BCUT2D eigenvalue weighted by atomic mass is 10.0. The van der Waals surface area contributed by atoms with E-state index in [-0.39, 0.29) is 17.9 Å². The lowest BCUT2D eigenvalue weighted by Gasteiger charge is -2.35. The normalized spacial score (nSPS) is 25.6. The van der Waals surface area contributed by atoms with E-state index in [0.717, 1.165) is 23.2 Å². The van der Waals surface area contributed by atoms with Gasteiger partial charge in [0.2, 0.25) is 11.8 Å². The number of hydrogen-bond donors (Lipinski definition) is 1. The van der Waals surface area contributed by atoms with Gasteiger partial charge in [0.05, 0.1) is 0 Å². The maximum Gasteiger partial charge on any atom is 0.239 e. The van der Waals surface area contributed by atoms with Crippen molar-refractivity contribution in [1.29, 1.82) is 0 Å². The molecule has 118 valence electrons. The van der Waals surface area contributed by atoms with Crippen LogP contribution in [0, 0.1) is 5.92 Å². The van der Waals surface area contributed by atoms with E-state index >= 15 is 0 Å². The number of piperazine rings is 1. The number of hydrogen-bond acceptors (Lipinski definition) is 3. The first-order chi connectivity index (χ1) is 10.6. The summed E-state index contributed by atoms with van der Waals surface area (Å²) in [6.45, 7) is 4.90. The summed E-state index contributed by atoms with van der Waals surface area (Å²) < 4.78 is 0.934.